The Hall–Kier alpha value is -6.46. The number of hydrogen-bond acceptors (Lipinski definition) is 5. The first kappa shape index (κ1) is 26.9. The van der Waals surface area contributed by atoms with E-state index in [1.165, 1.54) is 0 Å². The van der Waals surface area contributed by atoms with Crippen LogP contribution in [0.2, 0.25) is 0 Å². The number of hydrogen-bond donors (Lipinski definition) is 0. The van der Waals surface area contributed by atoms with Crippen LogP contribution in [0, 0.1) is 0 Å². The summed E-state index contributed by atoms with van der Waals surface area (Å²) in [5, 5.41) is 2.16. The molecular weight excluding hydrogens is 580 g/mol. The van der Waals surface area contributed by atoms with Crippen molar-refractivity contribution in [2.75, 3.05) is 9.80 Å². The third-order valence-corrected chi connectivity index (χ3v) is 8.46. The first-order valence-electron chi connectivity index (χ1n) is 15.6. The van der Waals surface area contributed by atoms with Crippen LogP contribution in [-0.2, 0) is 0 Å². The maximum absolute atomic E-state index is 6.71. The number of anilines is 6. The van der Waals surface area contributed by atoms with Gasteiger partial charge in [-0.15, -0.1) is 0 Å². The molecule has 0 saturated heterocycles. The second-order valence-corrected chi connectivity index (χ2v) is 11.4. The van der Waals surface area contributed by atoms with Crippen LogP contribution in [0.15, 0.2) is 174 Å². The summed E-state index contributed by atoms with van der Waals surface area (Å²) in [6, 6.07) is 57.6. The first-order valence-corrected chi connectivity index (χ1v) is 15.6. The third kappa shape index (κ3) is 4.73. The van der Waals surface area contributed by atoms with Crippen molar-refractivity contribution in [3.8, 4) is 23.0 Å². The van der Waals surface area contributed by atoms with Gasteiger partial charge in [-0.1, -0.05) is 84.9 Å². The highest BCUT2D eigenvalue weighted by Crippen LogP contribution is 2.55. The molecule has 1 aromatic heterocycles. The standard InChI is InChI=1S/C42H28N2O3/c1-4-14-29(15-5-1)43(30-16-6-2-7-17-30)33-26-36(42-41(28-33)46-38-22-12-13-23-39(38)47-42)44(31-18-8-3-9-19-31)32-24-25-35-34-20-10-11-21-37(34)45-40(35)27-32/h1-28H. The van der Waals surface area contributed by atoms with Crippen molar-refractivity contribution in [2.24, 2.45) is 0 Å². The first-order chi connectivity index (χ1) is 23.3. The van der Waals surface area contributed by atoms with E-state index in [-0.39, 0.29) is 0 Å². The van der Waals surface area contributed by atoms with E-state index in [2.05, 4.69) is 107 Å². The van der Waals surface area contributed by atoms with E-state index < -0.39 is 0 Å². The molecule has 0 fully saturated rings. The maximum atomic E-state index is 6.71. The van der Waals surface area contributed by atoms with Crippen molar-refractivity contribution in [3.63, 3.8) is 0 Å². The van der Waals surface area contributed by atoms with Gasteiger partial charge in [-0.3, -0.25) is 0 Å². The molecule has 0 amide bonds. The molecule has 0 unspecified atom stereocenters. The second-order valence-electron chi connectivity index (χ2n) is 11.4. The van der Waals surface area contributed by atoms with Crippen LogP contribution in [0.5, 0.6) is 23.0 Å². The molecule has 8 aromatic rings. The maximum Gasteiger partial charge on any atom is 0.194 e. The van der Waals surface area contributed by atoms with Crippen LogP contribution in [0.1, 0.15) is 0 Å². The fourth-order valence-corrected chi connectivity index (χ4v) is 6.35. The molecule has 1 aliphatic rings. The Morgan fingerprint density at radius 1 is 0.340 bits per heavy atom. The number of ether oxygens (including phenoxy) is 2. The minimum atomic E-state index is 0.624. The lowest BCUT2D eigenvalue weighted by molar-refractivity contribution is 0.360. The molecule has 9 rings (SSSR count). The van der Waals surface area contributed by atoms with Gasteiger partial charge < -0.3 is 23.7 Å². The quantitative estimate of drug-likeness (QED) is 0.188. The van der Waals surface area contributed by atoms with E-state index in [9.17, 15) is 0 Å². The van der Waals surface area contributed by atoms with Crippen molar-refractivity contribution in [1.82, 2.24) is 0 Å². The summed E-state index contributed by atoms with van der Waals surface area (Å²) in [5.74, 6) is 2.59. The lowest BCUT2D eigenvalue weighted by Crippen LogP contribution is -2.15. The van der Waals surface area contributed by atoms with Crippen LogP contribution in [-0.4, -0.2) is 0 Å². The molecule has 0 spiro atoms. The lowest BCUT2D eigenvalue weighted by Gasteiger charge is -2.33. The van der Waals surface area contributed by atoms with Gasteiger partial charge in [-0.25, -0.2) is 0 Å². The minimum Gasteiger partial charge on any atom is -0.456 e. The Balaban J connectivity index is 1.31. The molecule has 5 heteroatoms. The molecule has 0 bridgehead atoms. The summed E-state index contributed by atoms with van der Waals surface area (Å²) in [7, 11) is 0. The molecular formula is C42H28N2O3. The van der Waals surface area contributed by atoms with Gasteiger partial charge in [0.05, 0.1) is 17.1 Å². The van der Waals surface area contributed by atoms with E-state index in [0.29, 0.717) is 23.0 Å². The summed E-state index contributed by atoms with van der Waals surface area (Å²) in [5.41, 5.74) is 7.36. The van der Waals surface area contributed by atoms with Crippen LogP contribution in [0.4, 0.5) is 34.1 Å². The zero-order chi connectivity index (χ0) is 31.2. The number of benzene rings is 7. The van der Waals surface area contributed by atoms with E-state index >= 15 is 0 Å². The van der Waals surface area contributed by atoms with Crippen LogP contribution in [0.25, 0.3) is 21.9 Å². The Morgan fingerprint density at radius 2 is 0.894 bits per heavy atom. The van der Waals surface area contributed by atoms with E-state index in [1.807, 2.05) is 72.8 Å². The minimum absolute atomic E-state index is 0.624. The number of rotatable bonds is 6. The summed E-state index contributed by atoms with van der Waals surface area (Å²) >= 11 is 0. The van der Waals surface area contributed by atoms with Crippen molar-refractivity contribution in [1.29, 1.82) is 0 Å². The molecule has 0 N–H and O–H groups in total. The number of furan rings is 1. The predicted octanol–water partition coefficient (Wildman–Crippen LogP) is 12.4. The molecule has 5 nitrogen and oxygen atoms in total. The summed E-state index contributed by atoms with van der Waals surface area (Å²) in [6.45, 7) is 0. The van der Waals surface area contributed by atoms with Crippen molar-refractivity contribution in [3.05, 3.63) is 170 Å². The van der Waals surface area contributed by atoms with Crippen LogP contribution in [0.3, 0.4) is 0 Å². The average molecular weight is 609 g/mol. The van der Waals surface area contributed by atoms with Crippen molar-refractivity contribution >= 4 is 56.1 Å². The summed E-state index contributed by atoms with van der Waals surface area (Å²) in [6.07, 6.45) is 0. The Kier molecular flexibility index (Phi) is 6.39. The smallest absolute Gasteiger partial charge is 0.194 e. The van der Waals surface area contributed by atoms with Gasteiger partial charge >= 0.3 is 0 Å². The molecule has 0 radical (unpaired) electrons. The second kappa shape index (κ2) is 11.2. The average Bonchev–Trinajstić information content (AvgIpc) is 3.50. The van der Waals surface area contributed by atoms with Gasteiger partial charge in [0.2, 0.25) is 0 Å². The van der Waals surface area contributed by atoms with Crippen molar-refractivity contribution < 1.29 is 13.9 Å². The topological polar surface area (TPSA) is 38.1 Å². The predicted molar refractivity (Wildman–Crippen MR) is 190 cm³/mol. The van der Waals surface area contributed by atoms with Crippen LogP contribution >= 0.6 is 0 Å². The monoisotopic (exact) mass is 608 g/mol. The Labute approximate surface area is 272 Å². The molecule has 7 aromatic carbocycles. The molecule has 224 valence electrons. The Morgan fingerprint density at radius 3 is 1.57 bits per heavy atom. The fraction of sp³-hybridized carbons (Fsp3) is 0. The van der Waals surface area contributed by atoms with Crippen LogP contribution < -0.4 is 19.3 Å². The normalized spacial score (nSPS) is 11.7. The highest BCUT2D eigenvalue weighted by Gasteiger charge is 2.29. The van der Waals surface area contributed by atoms with Gasteiger partial charge in [0, 0.05) is 40.0 Å². The van der Waals surface area contributed by atoms with Gasteiger partial charge in [0.25, 0.3) is 0 Å². The third-order valence-electron chi connectivity index (χ3n) is 8.46. The SMILES string of the molecule is c1ccc(N(c2ccccc2)c2cc3c(c(N(c4ccccc4)c4ccc5c(c4)oc4ccccc45)c2)Oc2ccccc2O3)cc1. The number of fused-ring (bicyclic) bond motifs is 5. The van der Waals surface area contributed by atoms with Gasteiger partial charge in [-0.05, 0) is 72.8 Å². The van der Waals surface area contributed by atoms with Gasteiger partial charge in [-0.2, -0.15) is 0 Å². The molecule has 47 heavy (non-hydrogen) atoms. The largest absolute Gasteiger partial charge is 0.456 e. The fourth-order valence-electron chi connectivity index (χ4n) is 6.35. The van der Waals surface area contributed by atoms with E-state index in [0.717, 1.165) is 56.1 Å². The Bertz CT molecular complexity index is 2330. The van der Waals surface area contributed by atoms with E-state index in [4.69, 9.17) is 13.9 Å². The lowest BCUT2D eigenvalue weighted by atomic mass is 10.1. The highest BCUT2D eigenvalue weighted by molar-refractivity contribution is 6.06. The highest BCUT2D eigenvalue weighted by atomic mass is 16.6. The summed E-state index contributed by atoms with van der Waals surface area (Å²) in [4.78, 5) is 4.44. The van der Waals surface area contributed by atoms with Gasteiger partial charge in [0.15, 0.2) is 23.0 Å². The molecule has 0 aliphatic carbocycles. The number of para-hydroxylation sites is 6. The number of nitrogens with zero attached hydrogens (tertiary/aromatic N) is 2. The zero-order valence-electron chi connectivity index (χ0n) is 25.3. The van der Waals surface area contributed by atoms with E-state index in [1.54, 1.807) is 0 Å². The van der Waals surface area contributed by atoms with Gasteiger partial charge in [0.1, 0.15) is 11.2 Å². The molecule has 1 aliphatic heterocycles. The molecule has 0 saturated carbocycles. The molecule has 0 atom stereocenters. The van der Waals surface area contributed by atoms with Crippen molar-refractivity contribution in [2.45, 2.75) is 0 Å². The molecule has 2 heterocycles. The summed E-state index contributed by atoms with van der Waals surface area (Å²) < 4.78 is 19.7. The zero-order valence-corrected chi connectivity index (χ0v) is 25.3.